The number of halogens is 2. The number of nitrogens with one attached hydrogen (secondary N) is 1. The summed E-state index contributed by atoms with van der Waals surface area (Å²) < 4.78 is 21.9. The number of carbonyl (C=O) groups excluding carboxylic acids is 2. The fraction of sp³-hybridized carbons (Fsp3) is 0.345. The van der Waals surface area contributed by atoms with Gasteiger partial charge in [-0.05, 0) is 49.2 Å². The Morgan fingerprint density at radius 3 is 2.56 bits per heavy atom. The number of likely N-dealkylation sites (tertiary alicyclic amines) is 1. The third-order valence-electron chi connectivity index (χ3n) is 7.32. The summed E-state index contributed by atoms with van der Waals surface area (Å²) in [7, 11) is 0. The highest BCUT2D eigenvalue weighted by Crippen LogP contribution is 2.36. The van der Waals surface area contributed by atoms with E-state index in [0.29, 0.717) is 38.3 Å². The van der Waals surface area contributed by atoms with E-state index in [1.807, 2.05) is 25.1 Å². The van der Waals surface area contributed by atoms with Crippen molar-refractivity contribution in [2.75, 3.05) is 31.5 Å². The van der Waals surface area contributed by atoms with Crippen molar-refractivity contribution in [3.8, 4) is 0 Å². The SMILES string of the molecule is CCN(CC1OC(=O)Nc2ccc(Cl)c(F)c21)C(=O)C1CCN(Cc2ccc(Cn3ccccc3=O)cc2)C1. The molecule has 204 valence electrons. The number of carbonyl (C=O) groups is 2. The Bertz CT molecular complexity index is 1430. The highest BCUT2D eigenvalue weighted by molar-refractivity contribution is 6.31. The molecule has 1 saturated heterocycles. The summed E-state index contributed by atoms with van der Waals surface area (Å²) in [4.78, 5) is 41.3. The van der Waals surface area contributed by atoms with Gasteiger partial charge in [-0.15, -0.1) is 0 Å². The minimum Gasteiger partial charge on any atom is -0.439 e. The molecule has 5 rings (SSSR count). The zero-order chi connectivity index (χ0) is 27.5. The van der Waals surface area contributed by atoms with Crippen LogP contribution in [0.5, 0.6) is 0 Å². The van der Waals surface area contributed by atoms with Gasteiger partial charge in [0.2, 0.25) is 5.91 Å². The molecule has 3 heterocycles. The van der Waals surface area contributed by atoms with E-state index >= 15 is 0 Å². The van der Waals surface area contributed by atoms with Crippen molar-refractivity contribution in [1.82, 2.24) is 14.4 Å². The van der Waals surface area contributed by atoms with Gasteiger partial charge in [-0.25, -0.2) is 9.18 Å². The van der Waals surface area contributed by atoms with Gasteiger partial charge in [-0.1, -0.05) is 41.9 Å². The summed E-state index contributed by atoms with van der Waals surface area (Å²) in [6, 6.07) is 16.2. The second kappa shape index (κ2) is 11.6. The van der Waals surface area contributed by atoms with Gasteiger partial charge >= 0.3 is 6.09 Å². The summed E-state index contributed by atoms with van der Waals surface area (Å²) in [6.07, 6.45) is 0.856. The first-order chi connectivity index (χ1) is 18.8. The maximum Gasteiger partial charge on any atom is 0.412 e. The maximum atomic E-state index is 14.8. The summed E-state index contributed by atoms with van der Waals surface area (Å²) in [6.45, 7) is 4.93. The summed E-state index contributed by atoms with van der Waals surface area (Å²) in [5.74, 6) is -0.894. The van der Waals surface area contributed by atoms with Crippen LogP contribution in [0.2, 0.25) is 5.02 Å². The molecule has 0 radical (unpaired) electrons. The first-order valence-corrected chi connectivity index (χ1v) is 13.4. The summed E-state index contributed by atoms with van der Waals surface area (Å²) >= 11 is 5.97. The number of anilines is 1. The Kier molecular flexibility index (Phi) is 7.99. The van der Waals surface area contributed by atoms with Gasteiger partial charge in [0.25, 0.3) is 5.56 Å². The molecule has 39 heavy (non-hydrogen) atoms. The number of rotatable bonds is 8. The van der Waals surface area contributed by atoms with Crippen LogP contribution < -0.4 is 10.9 Å². The number of hydrogen-bond acceptors (Lipinski definition) is 5. The zero-order valence-electron chi connectivity index (χ0n) is 21.6. The fourth-order valence-corrected chi connectivity index (χ4v) is 5.42. The second-order valence-corrected chi connectivity index (χ2v) is 10.3. The van der Waals surface area contributed by atoms with Gasteiger partial charge < -0.3 is 14.2 Å². The smallest absolute Gasteiger partial charge is 0.412 e. The number of aromatic nitrogens is 1. The zero-order valence-corrected chi connectivity index (χ0v) is 22.4. The summed E-state index contributed by atoms with van der Waals surface area (Å²) in [5.41, 5.74) is 2.59. The highest BCUT2D eigenvalue weighted by Gasteiger charge is 2.36. The molecule has 0 bridgehead atoms. The normalized spacial score (nSPS) is 18.8. The van der Waals surface area contributed by atoms with Crippen molar-refractivity contribution >= 4 is 29.3 Å². The topological polar surface area (TPSA) is 83.9 Å². The molecule has 0 saturated carbocycles. The average molecular weight is 553 g/mol. The Hall–Kier alpha value is -3.69. The first-order valence-electron chi connectivity index (χ1n) is 13.0. The van der Waals surface area contributed by atoms with E-state index in [9.17, 15) is 18.8 Å². The van der Waals surface area contributed by atoms with Gasteiger partial charge in [-0.3, -0.25) is 19.8 Å². The van der Waals surface area contributed by atoms with Crippen molar-refractivity contribution in [3.05, 3.63) is 98.7 Å². The van der Waals surface area contributed by atoms with Crippen LogP contribution in [-0.2, 0) is 22.6 Å². The van der Waals surface area contributed by atoms with Crippen LogP contribution in [0.1, 0.15) is 36.1 Å². The fourth-order valence-electron chi connectivity index (χ4n) is 5.25. The van der Waals surface area contributed by atoms with E-state index in [-0.39, 0.29) is 34.5 Å². The third-order valence-corrected chi connectivity index (χ3v) is 7.61. The van der Waals surface area contributed by atoms with Crippen LogP contribution in [0, 0.1) is 11.7 Å². The van der Waals surface area contributed by atoms with Crippen molar-refractivity contribution in [3.63, 3.8) is 0 Å². The molecule has 2 aromatic carbocycles. The van der Waals surface area contributed by atoms with Crippen LogP contribution in [0.3, 0.4) is 0 Å². The molecule has 2 atom stereocenters. The van der Waals surface area contributed by atoms with Gasteiger partial charge in [0, 0.05) is 31.9 Å². The molecule has 10 heteroatoms. The average Bonchev–Trinajstić information content (AvgIpc) is 3.39. The second-order valence-electron chi connectivity index (χ2n) is 9.92. The van der Waals surface area contributed by atoms with Crippen molar-refractivity contribution in [2.45, 2.75) is 32.5 Å². The molecule has 0 aliphatic carbocycles. The number of likely N-dealkylation sites (N-methyl/N-ethyl adjacent to an activating group) is 1. The number of hydrogen-bond donors (Lipinski definition) is 1. The van der Waals surface area contributed by atoms with Crippen molar-refractivity contribution < 1.29 is 18.7 Å². The lowest BCUT2D eigenvalue weighted by Crippen LogP contribution is -2.42. The van der Waals surface area contributed by atoms with E-state index in [2.05, 4.69) is 22.3 Å². The molecule has 3 aromatic rings. The van der Waals surface area contributed by atoms with Gasteiger partial charge in [0.05, 0.1) is 35.3 Å². The van der Waals surface area contributed by atoms with Gasteiger partial charge in [0.1, 0.15) is 0 Å². The number of benzene rings is 2. The lowest BCUT2D eigenvalue weighted by atomic mass is 10.0. The molecule has 1 N–H and O–H groups in total. The molecule has 8 nitrogen and oxygen atoms in total. The highest BCUT2D eigenvalue weighted by atomic mass is 35.5. The van der Waals surface area contributed by atoms with Gasteiger partial charge in [0.15, 0.2) is 11.9 Å². The minimum atomic E-state index is -0.945. The minimum absolute atomic E-state index is 0.0352. The Labute approximate surface area is 230 Å². The lowest BCUT2D eigenvalue weighted by molar-refractivity contribution is -0.136. The number of cyclic esters (lactones) is 1. The van der Waals surface area contributed by atoms with Crippen LogP contribution in [-0.4, -0.2) is 52.5 Å². The quantitative estimate of drug-likeness (QED) is 0.439. The van der Waals surface area contributed by atoms with Crippen molar-refractivity contribution in [2.24, 2.45) is 5.92 Å². The number of nitrogens with zero attached hydrogens (tertiary/aromatic N) is 3. The van der Waals surface area contributed by atoms with E-state index < -0.39 is 18.0 Å². The number of fused-ring (bicyclic) bond motifs is 1. The van der Waals surface area contributed by atoms with E-state index in [4.69, 9.17) is 16.3 Å². The molecular weight excluding hydrogens is 523 g/mol. The molecule has 1 aromatic heterocycles. The maximum absolute atomic E-state index is 14.8. The van der Waals surface area contributed by atoms with Crippen LogP contribution in [0.4, 0.5) is 14.9 Å². The van der Waals surface area contributed by atoms with Crippen LogP contribution >= 0.6 is 11.6 Å². The molecule has 2 aliphatic rings. The largest absolute Gasteiger partial charge is 0.439 e. The first kappa shape index (κ1) is 26.9. The van der Waals surface area contributed by atoms with Crippen LogP contribution in [0.15, 0.2) is 65.6 Å². The molecule has 1 fully saturated rings. The molecule has 2 unspecified atom stereocenters. The molecule has 2 aliphatic heterocycles. The third kappa shape index (κ3) is 5.99. The summed E-state index contributed by atoms with van der Waals surface area (Å²) in [5, 5.41) is 2.43. The predicted molar refractivity (Wildman–Crippen MR) is 146 cm³/mol. The monoisotopic (exact) mass is 552 g/mol. The predicted octanol–water partition coefficient (Wildman–Crippen LogP) is 4.66. The molecular formula is C29H30ClFN4O4. The number of ether oxygens (including phenoxy) is 1. The number of pyridine rings is 1. The van der Waals surface area contributed by atoms with Crippen LogP contribution in [0.25, 0.3) is 0 Å². The molecule has 2 amide bonds. The molecule has 0 spiro atoms. The standard InChI is InChI=1S/C29H30ClFN4O4/c1-2-34(18-24-26-23(32-29(38)39-24)11-10-22(30)27(26)31)28(37)21-12-14-33(17-21)15-19-6-8-20(9-7-19)16-35-13-4-3-5-25(35)36/h3-11,13,21,24H,2,12,14-18H2,1H3,(H,32,38). The van der Waals surface area contributed by atoms with E-state index in [1.165, 1.54) is 12.1 Å². The Morgan fingerprint density at radius 2 is 1.85 bits per heavy atom. The van der Waals surface area contributed by atoms with Crippen molar-refractivity contribution in [1.29, 1.82) is 0 Å². The van der Waals surface area contributed by atoms with E-state index in [1.54, 1.807) is 27.8 Å². The Morgan fingerprint density at radius 1 is 1.10 bits per heavy atom. The Balaban J connectivity index is 1.19. The van der Waals surface area contributed by atoms with Gasteiger partial charge in [-0.2, -0.15) is 0 Å². The lowest BCUT2D eigenvalue weighted by Gasteiger charge is -2.32. The number of amides is 2. The van der Waals surface area contributed by atoms with E-state index in [0.717, 1.165) is 17.7 Å².